The van der Waals surface area contributed by atoms with E-state index in [9.17, 15) is 0 Å². The Morgan fingerprint density at radius 3 is 2.13 bits per heavy atom. The van der Waals surface area contributed by atoms with E-state index in [-0.39, 0.29) is 0 Å². The van der Waals surface area contributed by atoms with Crippen LogP contribution in [0.2, 0.25) is 0 Å². The number of aromatic nitrogens is 1. The van der Waals surface area contributed by atoms with Gasteiger partial charge in [-0.3, -0.25) is 0 Å². The smallest absolute Gasteiger partial charge is 0.161 e. The minimum absolute atomic E-state index is 0.359. The lowest BCUT2D eigenvalue weighted by Gasteiger charge is -2.23. The van der Waals surface area contributed by atoms with Crippen LogP contribution in [0.1, 0.15) is 40.8 Å². The summed E-state index contributed by atoms with van der Waals surface area (Å²) >= 11 is 2.83. The van der Waals surface area contributed by atoms with Crippen molar-refractivity contribution in [2.75, 3.05) is 0 Å². The summed E-state index contributed by atoms with van der Waals surface area (Å²) in [5.41, 5.74) is 10.1. The van der Waals surface area contributed by atoms with Crippen LogP contribution >= 0.6 is 43.4 Å². The maximum absolute atomic E-state index is 6.76. The second-order valence-electron chi connectivity index (χ2n) is 17.8. The number of rotatable bonds is 4. The van der Waals surface area contributed by atoms with Crippen molar-refractivity contribution in [1.29, 1.82) is 0 Å². The van der Waals surface area contributed by atoms with Crippen molar-refractivity contribution < 1.29 is 4.42 Å². The summed E-state index contributed by atoms with van der Waals surface area (Å²) in [6, 6.07) is 64.4. The molecular formula is C60H36IN3OS2. The van der Waals surface area contributed by atoms with Crippen LogP contribution in [0.15, 0.2) is 196 Å². The van der Waals surface area contributed by atoms with Gasteiger partial charge in [0, 0.05) is 62.4 Å². The summed E-state index contributed by atoms with van der Waals surface area (Å²) in [6.07, 6.45) is 3.40. The fourth-order valence-corrected chi connectivity index (χ4v) is 16.2. The lowest BCUT2D eigenvalue weighted by Crippen LogP contribution is -2.16. The molecule has 1 unspecified atom stereocenters. The highest BCUT2D eigenvalue weighted by molar-refractivity contribution is 14.2. The van der Waals surface area contributed by atoms with Gasteiger partial charge in [-0.05, 0) is 132 Å². The summed E-state index contributed by atoms with van der Waals surface area (Å²) in [5.74, 6) is 1.12. The van der Waals surface area contributed by atoms with E-state index in [1.54, 1.807) is 0 Å². The van der Waals surface area contributed by atoms with Gasteiger partial charge in [-0.15, -0.1) is 22.7 Å². The third-order valence-electron chi connectivity index (χ3n) is 14.0. The monoisotopic (exact) mass is 1010 g/mol. The molecule has 0 radical (unpaired) electrons. The number of hydrogen-bond acceptors (Lipinski definition) is 5. The quantitative estimate of drug-likeness (QED) is 0.162. The minimum atomic E-state index is -0.915. The zero-order valence-electron chi connectivity index (χ0n) is 36.0. The van der Waals surface area contributed by atoms with Crippen LogP contribution in [0.5, 0.6) is 0 Å². The number of furan rings is 1. The molecule has 4 aromatic heterocycles. The molecule has 0 saturated heterocycles. The predicted molar refractivity (Wildman–Crippen MR) is 297 cm³/mol. The molecule has 0 bridgehead atoms. The van der Waals surface area contributed by atoms with Crippen molar-refractivity contribution in [1.82, 2.24) is 4.57 Å². The molecule has 0 fully saturated rings. The number of allylic oxidation sites excluding steroid dienone is 1. The summed E-state index contributed by atoms with van der Waals surface area (Å²) in [5, 5.41) is 13.5. The van der Waals surface area contributed by atoms with Gasteiger partial charge in [0.25, 0.3) is 0 Å². The van der Waals surface area contributed by atoms with Crippen LogP contribution in [0.3, 0.4) is 0 Å². The van der Waals surface area contributed by atoms with E-state index < -0.39 is 20.7 Å². The number of thiophene rings is 2. The Balaban J connectivity index is 1.05. The molecule has 1 aliphatic heterocycles. The maximum atomic E-state index is 6.76. The Labute approximate surface area is 402 Å². The summed E-state index contributed by atoms with van der Waals surface area (Å²) in [6.45, 7) is 2.40. The Morgan fingerprint density at radius 1 is 0.552 bits per heavy atom. The average Bonchev–Trinajstić information content (AvgIpc) is 4.14. The summed E-state index contributed by atoms with van der Waals surface area (Å²) in [4.78, 5) is 12.8. The van der Waals surface area contributed by atoms with Gasteiger partial charge in [0.15, 0.2) is 5.84 Å². The zero-order chi connectivity index (χ0) is 43.9. The normalized spacial score (nSPS) is 15.5. The molecule has 2 aliphatic rings. The number of benzene rings is 9. The fraction of sp³-hybridized carbons (Fsp3) is 0.0500. The van der Waals surface area contributed by atoms with Gasteiger partial charge >= 0.3 is 0 Å². The number of fused-ring (bicyclic) bond motifs is 15. The van der Waals surface area contributed by atoms with E-state index in [0.717, 1.165) is 54.6 Å². The highest BCUT2D eigenvalue weighted by atomic mass is 127. The molecule has 0 amide bonds. The molecule has 1 aliphatic carbocycles. The number of amidine groups is 1. The SMILES string of the molecule is CC1CC(C2=NC(c3ccc4c(c3)sc3ccccc34)=NC(c3c(-n4c5cc6ccccc6cc5c5c6ccccc6ccc54)ccc4oc5ccccc5c34)=I2)=Cc2sc3ccccc3c21. The third kappa shape index (κ3) is 5.71. The topological polar surface area (TPSA) is 42.8 Å². The first-order valence-corrected chi connectivity index (χ1v) is 26.5. The summed E-state index contributed by atoms with van der Waals surface area (Å²) in [7, 11) is 0. The van der Waals surface area contributed by atoms with Gasteiger partial charge in [-0.2, -0.15) is 0 Å². The number of aliphatic imine (C=N–C) groups is 2. The largest absolute Gasteiger partial charge is 0.456 e. The van der Waals surface area contributed by atoms with Crippen LogP contribution in [-0.2, 0) is 0 Å². The Morgan fingerprint density at radius 2 is 1.27 bits per heavy atom. The molecule has 0 spiro atoms. The van der Waals surface area contributed by atoms with E-state index >= 15 is 0 Å². The Hall–Kier alpha value is -7.04. The number of halogens is 1. The molecule has 13 aromatic rings. The van der Waals surface area contributed by atoms with Crippen LogP contribution in [0.25, 0.3) is 107 Å². The molecule has 9 aromatic carbocycles. The van der Waals surface area contributed by atoms with Crippen LogP contribution in [0, 0.1) is 0 Å². The molecule has 5 heterocycles. The minimum Gasteiger partial charge on any atom is -0.456 e. The second-order valence-corrected chi connectivity index (χ2v) is 22.6. The number of hydrogen-bond donors (Lipinski definition) is 0. The van der Waals surface area contributed by atoms with Gasteiger partial charge in [0.1, 0.15) is 18.5 Å². The third-order valence-corrected chi connectivity index (χ3v) is 19.0. The summed E-state index contributed by atoms with van der Waals surface area (Å²) < 4.78 is 15.4. The first-order valence-electron chi connectivity index (χ1n) is 22.7. The molecule has 4 nitrogen and oxygen atoms in total. The molecule has 7 heteroatoms. The van der Waals surface area contributed by atoms with Crippen molar-refractivity contribution in [3.8, 4) is 5.69 Å². The van der Waals surface area contributed by atoms with E-state index in [2.05, 4.69) is 193 Å². The molecule has 0 N–H and O–H groups in total. The molecule has 1 atom stereocenters. The Kier molecular flexibility index (Phi) is 8.23. The van der Waals surface area contributed by atoms with Crippen LogP contribution in [0.4, 0.5) is 0 Å². The molecule has 316 valence electrons. The standard InChI is InChI=1S/C60H36IN3OS2/c1-33-28-38(32-53-54(33)43-18-8-11-21-51(43)67-53)58-61-59(63-60(62-58)37-22-24-41-40-16-7-10-20-50(40)66-52(41)31-37)57-46(26-27-49-56(57)42-17-6-9-19-48(42)65-49)64-45-25-23-34-12-4-5-15-39(34)55(45)44-29-35-13-2-3-14-36(35)30-47(44)64/h2-27,29-33H,28H2,1H3. The Bertz CT molecular complexity index is 4460. The highest BCUT2D eigenvalue weighted by Gasteiger charge is 2.30. The first kappa shape index (κ1) is 38.1. The van der Waals surface area contributed by atoms with Crippen molar-refractivity contribution in [2.24, 2.45) is 9.98 Å². The average molecular weight is 1010 g/mol. The van der Waals surface area contributed by atoms with Crippen molar-refractivity contribution in [2.45, 2.75) is 19.3 Å². The van der Waals surface area contributed by atoms with Gasteiger partial charge in [-0.1, -0.05) is 128 Å². The number of nitrogens with zero attached hydrogens (tertiary/aromatic N) is 3. The predicted octanol–water partition coefficient (Wildman–Crippen LogP) is 17.5. The van der Waals surface area contributed by atoms with Gasteiger partial charge in [-0.25, -0.2) is 9.98 Å². The first-order chi connectivity index (χ1) is 33.1. The van der Waals surface area contributed by atoms with Crippen molar-refractivity contribution in [3.63, 3.8) is 0 Å². The van der Waals surface area contributed by atoms with E-state index in [1.807, 2.05) is 22.7 Å². The van der Waals surface area contributed by atoms with Gasteiger partial charge in [0.05, 0.1) is 16.7 Å². The lowest BCUT2D eigenvalue weighted by molar-refractivity contribution is 0.669. The maximum Gasteiger partial charge on any atom is 0.161 e. The van der Waals surface area contributed by atoms with E-state index in [4.69, 9.17) is 14.4 Å². The van der Waals surface area contributed by atoms with Crippen LogP contribution in [-0.4, -0.2) is 17.8 Å². The second kappa shape index (κ2) is 14.5. The molecule has 67 heavy (non-hydrogen) atoms. The fourth-order valence-electron chi connectivity index (χ4n) is 11.0. The van der Waals surface area contributed by atoms with Crippen molar-refractivity contribution >= 4 is 158 Å². The highest BCUT2D eigenvalue weighted by Crippen LogP contribution is 2.47. The van der Waals surface area contributed by atoms with E-state index in [0.29, 0.717) is 5.92 Å². The van der Waals surface area contributed by atoms with Crippen LogP contribution < -0.4 is 0 Å². The van der Waals surface area contributed by atoms with E-state index in [1.165, 1.54) is 93.3 Å². The molecule has 15 rings (SSSR count). The molecule has 0 saturated carbocycles. The molecular weight excluding hydrogens is 970 g/mol. The lowest BCUT2D eigenvalue weighted by atomic mass is 9.87. The van der Waals surface area contributed by atoms with Gasteiger partial charge < -0.3 is 8.98 Å². The van der Waals surface area contributed by atoms with Crippen molar-refractivity contribution in [3.05, 3.63) is 203 Å². The number of para-hydroxylation sites is 1. The van der Waals surface area contributed by atoms with Gasteiger partial charge in [0.2, 0.25) is 0 Å². The zero-order valence-corrected chi connectivity index (χ0v) is 39.8.